The van der Waals surface area contributed by atoms with Crippen molar-refractivity contribution < 1.29 is 9.72 Å². The molecule has 1 aliphatic rings. The molecule has 0 saturated carbocycles. The molecule has 0 fully saturated rings. The highest BCUT2D eigenvalue weighted by molar-refractivity contribution is 7.99. The average molecular weight is 459 g/mol. The van der Waals surface area contributed by atoms with Crippen LogP contribution < -0.4 is 10.9 Å². The van der Waals surface area contributed by atoms with Crippen LogP contribution in [0.3, 0.4) is 0 Å². The molecule has 1 aliphatic carbocycles. The third kappa shape index (κ3) is 4.22. The number of thiophene rings is 1. The number of nitrogens with zero attached hydrogens (tertiary/aromatic N) is 3. The third-order valence-electron chi connectivity index (χ3n) is 5.26. The summed E-state index contributed by atoms with van der Waals surface area (Å²) >= 11 is 2.83. The quantitative estimate of drug-likeness (QED) is 0.245. The molecule has 0 bridgehead atoms. The van der Waals surface area contributed by atoms with Gasteiger partial charge in [0.25, 0.3) is 11.2 Å². The van der Waals surface area contributed by atoms with Gasteiger partial charge in [-0.1, -0.05) is 18.7 Å². The summed E-state index contributed by atoms with van der Waals surface area (Å²) in [5.74, 6) is -0.170. The second-order valence-corrected chi connectivity index (χ2v) is 9.51. The van der Waals surface area contributed by atoms with Crippen molar-refractivity contribution in [3.8, 4) is 0 Å². The second-order valence-electron chi connectivity index (χ2n) is 7.48. The van der Waals surface area contributed by atoms with E-state index in [9.17, 15) is 19.7 Å². The number of carbonyl (C=O) groups is 1. The number of nitro groups is 1. The van der Waals surface area contributed by atoms with Crippen LogP contribution in [0.15, 0.2) is 28.2 Å². The van der Waals surface area contributed by atoms with Gasteiger partial charge in [-0.05, 0) is 49.8 Å². The lowest BCUT2D eigenvalue weighted by molar-refractivity contribution is -0.384. The van der Waals surface area contributed by atoms with Crippen molar-refractivity contribution in [2.75, 3.05) is 11.1 Å². The molecule has 3 aromatic rings. The van der Waals surface area contributed by atoms with Gasteiger partial charge in [0.05, 0.1) is 16.1 Å². The van der Waals surface area contributed by atoms with E-state index in [1.807, 2.05) is 6.92 Å². The predicted octanol–water partition coefficient (Wildman–Crippen LogP) is 4.30. The van der Waals surface area contributed by atoms with Gasteiger partial charge < -0.3 is 5.32 Å². The Hall–Kier alpha value is -2.72. The predicted molar refractivity (Wildman–Crippen MR) is 123 cm³/mol. The number of aromatic nitrogens is 2. The maximum atomic E-state index is 13.2. The fraction of sp³-hybridized carbons (Fsp3) is 0.381. The van der Waals surface area contributed by atoms with Crippen molar-refractivity contribution in [3.05, 3.63) is 54.7 Å². The molecule has 0 saturated heterocycles. The number of benzene rings is 1. The van der Waals surface area contributed by atoms with Crippen LogP contribution in [0.1, 0.15) is 35.8 Å². The van der Waals surface area contributed by atoms with Crippen molar-refractivity contribution in [2.45, 2.75) is 51.2 Å². The van der Waals surface area contributed by atoms with Gasteiger partial charge in [0.2, 0.25) is 5.91 Å². The molecule has 2 aromatic heterocycles. The number of carbonyl (C=O) groups excluding carboxylic acids is 1. The summed E-state index contributed by atoms with van der Waals surface area (Å²) in [6.07, 6.45) is 3.81. The molecule has 0 spiro atoms. The van der Waals surface area contributed by atoms with Crippen LogP contribution in [0.25, 0.3) is 10.2 Å². The Morgan fingerprint density at radius 1 is 1.39 bits per heavy atom. The Labute approximate surface area is 186 Å². The number of fused-ring (bicyclic) bond motifs is 3. The molecule has 31 heavy (non-hydrogen) atoms. The smallest absolute Gasteiger partial charge is 0.269 e. The SMILES string of the molecule is CCCn1c(SCC(=O)Nc2ccc([N+](=O)[O-])cc2C)nc2sc3c(c2c1=O)CCC3. The number of amides is 1. The molecule has 0 unspecified atom stereocenters. The van der Waals surface area contributed by atoms with E-state index in [1.54, 1.807) is 22.8 Å². The van der Waals surface area contributed by atoms with Crippen molar-refractivity contribution >= 4 is 50.6 Å². The first kappa shape index (κ1) is 21.5. The van der Waals surface area contributed by atoms with Gasteiger partial charge in [-0.3, -0.25) is 24.3 Å². The highest BCUT2D eigenvalue weighted by Gasteiger charge is 2.23. The van der Waals surface area contributed by atoms with Crippen LogP contribution in [0, 0.1) is 17.0 Å². The average Bonchev–Trinajstić information content (AvgIpc) is 3.31. The Bertz CT molecular complexity index is 1250. The number of hydrogen-bond donors (Lipinski definition) is 1. The molecule has 4 rings (SSSR count). The fourth-order valence-corrected chi connectivity index (χ4v) is 5.94. The van der Waals surface area contributed by atoms with Gasteiger partial charge >= 0.3 is 0 Å². The number of thioether (sulfide) groups is 1. The number of aryl methyl sites for hydroxylation is 3. The largest absolute Gasteiger partial charge is 0.325 e. The van der Waals surface area contributed by atoms with Crippen molar-refractivity contribution in [2.24, 2.45) is 0 Å². The zero-order valence-corrected chi connectivity index (χ0v) is 18.9. The first-order valence-electron chi connectivity index (χ1n) is 10.1. The summed E-state index contributed by atoms with van der Waals surface area (Å²) in [5.41, 5.74) is 2.27. The maximum absolute atomic E-state index is 13.2. The minimum absolute atomic E-state index is 0.0135. The molecule has 1 amide bonds. The topological polar surface area (TPSA) is 107 Å². The summed E-state index contributed by atoms with van der Waals surface area (Å²) in [5, 5.41) is 15.0. The molecule has 10 heteroatoms. The van der Waals surface area contributed by atoms with Crippen molar-refractivity contribution in [1.82, 2.24) is 9.55 Å². The molecule has 0 atom stereocenters. The van der Waals surface area contributed by atoms with Gasteiger partial charge in [0.15, 0.2) is 5.16 Å². The summed E-state index contributed by atoms with van der Waals surface area (Å²) in [6.45, 7) is 4.27. The number of anilines is 1. The molecule has 0 radical (unpaired) electrons. The normalized spacial score (nSPS) is 12.8. The van der Waals surface area contributed by atoms with Gasteiger partial charge in [0, 0.05) is 29.2 Å². The zero-order valence-electron chi connectivity index (χ0n) is 17.3. The minimum Gasteiger partial charge on any atom is -0.325 e. The van der Waals surface area contributed by atoms with Gasteiger partial charge in [-0.2, -0.15) is 0 Å². The van der Waals surface area contributed by atoms with Crippen molar-refractivity contribution in [1.29, 1.82) is 0 Å². The summed E-state index contributed by atoms with van der Waals surface area (Å²) < 4.78 is 1.68. The summed E-state index contributed by atoms with van der Waals surface area (Å²) in [4.78, 5) is 42.9. The molecule has 2 heterocycles. The van der Waals surface area contributed by atoms with E-state index in [0.717, 1.165) is 41.5 Å². The van der Waals surface area contributed by atoms with E-state index in [4.69, 9.17) is 4.98 Å². The highest BCUT2D eigenvalue weighted by atomic mass is 32.2. The van der Waals surface area contributed by atoms with Crippen molar-refractivity contribution in [3.63, 3.8) is 0 Å². The monoisotopic (exact) mass is 458 g/mol. The lowest BCUT2D eigenvalue weighted by Crippen LogP contribution is -2.24. The minimum atomic E-state index is -0.469. The molecule has 1 aromatic carbocycles. The van der Waals surface area contributed by atoms with Crippen LogP contribution in [0.5, 0.6) is 0 Å². The number of hydrogen-bond acceptors (Lipinski definition) is 7. The van der Waals surface area contributed by atoms with Crippen LogP contribution in [-0.4, -0.2) is 26.1 Å². The van der Waals surface area contributed by atoms with E-state index in [1.165, 1.54) is 34.8 Å². The number of rotatable bonds is 7. The standard InChI is InChI=1S/C21H22N4O4S2/c1-3-9-24-20(27)18-14-5-4-6-16(14)31-19(18)23-21(24)30-11-17(26)22-15-8-7-13(25(28)29)10-12(15)2/h7-8,10H,3-6,9,11H2,1-2H3,(H,22,26). The first-order chi connectivity index (χ1) is 14.9. The van der Waals surface area contributed by atoms with Gasteiger partial charge in [0.1, 0.15) is 4.83 Å². The Kier molecular flexibility index (Phi) is 6.10. The number of nitro benzene ring substituents is 1. The molecule has 1 N–H and O–H groups in total. The van der Waals surface area contributed by atoms with Gasteiger partial charge in [-0.25, -0.2) is 4.98 Å². The van der Waals surface area contributed by atoms with E-state index in [2.05, 4.69) is 5.32 Å². The first-order valence-corrected chi connectivity index (χ1v) is 11.9. The van der Waals surface area contributed by atoms with Crippen LogP contribution in [0.4, 0.5) is 11.4 Å². The molecule has 0 aliphatic heterocycles. The second kappa shape index (κ2) is 8.80. The lowest BCUT2D eigenvalue weighted by atomic mass is 10.2. The van der Waals surface area contributed by atoms with E-state index >= 15 is 0 Å². The molecule has 8 nitrogen and oxygen atoms in total. The van der Waals surface area contributed by atoms with Crippen LogP contribution in [0.2, 0.25) is 0 Å². The fourth-order valence-electron chi connectivity index (χ4n) is 3.81. The van der Waals surface area contributed by atoms with Gasteiger partial charge in [-0.15, -0.1) is 11.3 Å². The number of non-ortho nitro benzene ring substituents is 1. The highest BCUT2D eigenvalue weighted by Crippen LogP contribution is 2.35. The Balaban J connectivity index is 1.54. The van der Waals surface area contributed by atoms with Crippen LogP contribution in [-0.2, 0) is 24.2 Å². The Morgan fingerprint density at radius 3 is 2.90 bits per heavy atom. The number of nitrogens with one attached hydrogen (secondary N) is 1. The molecule has 162 valence electrons. The lowest BCUT2D eigenvalue weighted by Gasteiger charge is -2.12. The zero-order chi connectivity index (χ0) is 22.1. The van der Waals surface area contributed by atoms with E-state index < -0.39 is 4.92 Å². The molecular weight excluding hydrogens is 436 g/mol. The maximum Gasteiger partial charge on any atom is 0.269 e. The Morgan fingerprint density at radius 2 is 2.19 bits per heavy atom. The third-order valence-corrected chi connectivity index (χ3v) is 7.43. The van der Waals surface area contributed by atoms with E-state index in [-0.39, 0.29) is 22.9 Å². The van der Waals surface area contributed by atoms with Crippen LogP contribution >= 0.6 is 23.1 Å². The summed E-state index contributed by atoms with van der Waals surface area (Å²) in [7, 11) is 0. The summed E-state index contributed by atoms with van der Waals surface area (Å²) in [6, 6.07) is 4.31. The van der Waals surface area contributed by atoms with E-state index in [0.29, 0.717) is 23.0 Å². The molecular formula is C21H22N4O4S2.